The number of nitrogens with zero attached hydrogens (tertiary/aromatic N) is 1. The van der Waals surface area contributed by atoms with Crippen molar-refractivity contribution in [3.05, 3.63) is 28.5 Å². The third-order valence-corrected chi connectivity index (χ3v) is 5.50. The molecule has 0 aliphatic rings. The highest BCUT2D eigenvalue weighted by Crippen LogP contribution is 2.26. The molecule has 1 aromatic rings. The van der Waals surface area contributed by atoms with Gasteiger partial charge >= 0.3 is 0 Å². The number of halogens is 2. The second-order valence-electron chi connectivity index (χ2n) is 4.88. The highest BCUT2D eigenvalue weighted by Gasteiger charge is 2.24. The fourth-order valence-electron chi connectivity index (χ4n) is 1.76. The van der Waals surface area contributed by atoms with E-state index in [9.17, 15) is 12.8 Å². The first-order valence-electron chi connectivity index (χ1n) is 6.38. The average Bonchev–Trinajstić information content (AvgIpc) is 2.41. The average molecular weight is 323 g/mol. The molecule has 1 aromatic carbocycles. The van der Waals surface area contributed by atoms with Crippen molar-refractivity contribution in [3.63, 3.8) is 0 Å². The van der Waals surface area contributed by atoms with Crippen molar-refractivity contribution in [2.24, 2.45) is 11.7 Å². The molecule has 0 radical (unpaired) electrons. The summed E-state index contributed by atoms with van der Waals surface area (Å²) in [4.78, 5) is -0.120. The van der Waals surface area contributed by atoms with Gasteiger partial charge in [-0.15, -0.1) is 0 Å². The van der Waals surface area contributed by atoms with Gasteiger partial charge in [0.05, 0.1) is 9.92 Å². The Morgan fingerprint density at radius 2 is 2.05 bits per heavy atom. The Kier molecular flexibility index (Phi) is 5.94. The molecule has 1 unspecified atom stereocenters. The van der Waals surface area contributed by atoms with E-state index in [1.165, 1.54) is 17.4 Å². The fraction of sp³-hybridized carbons (Fsp3) is 0.538. The maximum Gasteiger partial charge on any atom is 0.242 e. The second kappa shape index (κ2) is 6.85. The summed E-state index contributed by atoms with van der Waals surface area (Å²) in [7, 11) is -2.25. The summed E-state index contributed by atoms with van der Waals surface area (Å²) in [6.07, 6.45) is 0.864. The third-order valence-electron chi connectivity index (χ3n) is 3.27. The molecule has 0 aliphatic carbocycles. The minimum atomic E-state index is -3.74. The van der Waals surface area contributed by atoms with Crippen LogP contribution in [0.4, 0.5) is 4.39 Å². The normalized spacial score (nSPS) is 13.8. The molecule has 1 atom stereocenters. The number of sulfonamides is 1. The zero-order chi connectivity index (χ0) is 15.5. The van der Waals surface area contributed by atoms with Gasteiger partial charge in [0.15, 0.2) is 0 Å². The summed E-state index contributed by atoms with van der Waals surface area (Å²) in [5.74, 6) is -0.550. The van der Waals surface area contributed by atoms with Gasteiger partial charge in [0.2, 0.25) is 10.0 Å². The van der Waals surface area contributed by atoms with Crippen molar-refractivity contribution in [3.8, 4) is 0 Å². The molecule has 0 fully saturated rings. The van der Waals surface area contributed by atoms with Crippen LogP contribution < -0.4 is 5.73 Å². The number of hydrogen-bond acceptors (Lipinski definition) is 3. The lowest BCUT2D eigenvalue weighted by Gasteiger charge is -2.21. The van der Waals surface area contributed by atoms with E-state index in [4.69, 9.17) is 17.3 Å². The molecule has 4 nitrogen and oxygen atoms in total. The molecule has 0 saturated carbocycles. The van der Waals surface area contributed by atoms with Gasteiger partial charge in [-0.05, 0) is 23.6 Å². The number of rotatable bonds is 6. The van der Waals surface area contributed by atoms with Crippen molar-refractivity contribution in [1.29, 1.82) is 0 Å². The van der Waals surface area contributed by atoms with E-state index in [1.54, 1.807) is 0 Å². The Balaban J connectivity index is 3.19. The van der Waals surface area contributed by atoms with Crippen LogP contribution in [0.15, 0.2) is 17.0 Å². The van der Waals surface area contributed by atoms with Crippen molar-refractivity contribution in [2.45, 2.75) is 31.7 Å². The minimum Gasteiger partial charge on any atom is -0.326 e. The summed E-state index contributed by atoms with van der Waals surface area (Å²) in [6.45, 7) is 4.30. The molecule has 0 saturated heterocycles. The topological polar surface area (TPSA) is 63.4 Å². The van der Waals surface area contributed by atoms with E-state index in [2.05, 4.69) is 0 Å². The van der Waals surface area contributed by atoms with Crippen molar-refractivity contribution < 1.29 is 12.8 Å². The largest absolute Gasteiger partial charge is 0.326 e. The van der Waals surface area contributed by atoms with Crippen LogP contribution in [0.1, 0.15) is 25.8 Å². The molecule has 20 heavy (non-hydrogen) atoms. The maximum atomic E-state index is 13.7. The van der Waals surface area contributed by atoms with Crippen LogP contribution in [0.2, 0.25) is 5.02 Å². The SMILES string of the molecule is CCC(C)CN(C)S(=O)(=O)c1cc(F)c(Cl)c(CN)c1. The summed E-state index contributed by atoms with van der Waals surface area (Å²) < 4.78 is 39.7. The van der Waals surface area contributed by atoms with Gasteiger partial charge < -0.3 is 5.73 Å². The Morgan fingerprint density at radius 3 is 2.55 bits per heavy atom. The van der Waals surface area contributed by atoms with Gasteiger partial charge in [0, 0.05) is 20.1 Å². The molecule has 0 aromatic heterocycles. The van der Waals surface area contributed by atoms with Crippen LogP contribution in [0.3, 0.4) is 0 Å². The molecule has 114 valence electrons. The van der Waals surface area contributed by atoms with Gasteiger partial charge in [-0.1, -0.05) is 31.9 Å². The summed E-state index contributed by atoms with van der Waals surface area (Å²) in [5, 5.41) is -0.129. The highest BCUT2D eigenvalue weighted by atomic mass is 35.5. The van der Waals surface area contributed by atoms with E-state index < -0.39 is 15.8 Å². The predicted molar refractivity (Wildman–Crippen MR) is 78.6 cm³/mol. The lowest BCUT2D eigenvalue weighted by atomic mass is 10.1. The van der Waals surface area contributed by atoms with Crippen LogP contribution in [0.25, 0.3) is 0 Å². The Bertz CT molecular complexity index is 578. The minimum absolute atomic E-state index is 0.0197. The van der Waals surface area contributed by atoms with Crippen molar-refractivity contribution in [1.82, 2.24) is 4.31 Å². The molecule has 2 N–H and O–H groups in total. The van der Waals surface area contributed by atoms with Gasteiger partial charge in [0.1, 0.15) is 5.82 Å². The molecule has 0 spiro atoms. The van der Waals surface area contributed by atoms with Gasteiger partial charge in [-0.2, -0.15) is 0 Å². The Morgan fingerprint density at radius 1 is 1.45 bits per heavy atom. The molecule has 1 rings (SSSR count). The first kappa shape index (κ1) is 17.4. The van der Waals surface area contributed by atoms with E-state index in [1.807, 2.05) is 13.8 Å². The number of benzene rings is 1. The van der Waals surface area contributed by atoms with Crippen LogP contribution >= 0.6 is 11.6 Å². The van der Waals surface area contributed by atoms with Crippen LogP contribution in [-0.4, -0.2) is 26.3 Å². The van der Waals surface area contributed by atoms with E-state index in [-0.39, 0.29) is 27.9 Å². The van der Waals surface area contributed by atoms with Crippen LogP contribution in [0.5, 0.6) is 0 Å². The monoisotopic (exact) mass is 322 g/mol. The first-order chi connectivity index (χ1) is 9.23. The molecule has 0 heterocycles. The highest BCUT2D eigenvalue weighted by molar-refractivity contribution is 7.89. The lowest BCUT2D eigenvalue weighted by molar-refractivity contribution is 0.393. The quantitative estimate of drug-likeness (QED) is 0.875. The van der Waals surface area contributed by atoms with E-state index in [0.29, 0.717) is 6.54 Å². The lowest BCUT2D eigenvalue weighted by Crippen LogP contribution is -2.31. The first-order valence-corrected chi connectivity index (χ1v) is 8.20. The standard InChI is InChI=1S/C13H20ClFN2O2S/c1-4-9(2)8-17(3)20(18,19)11-5-10(7-16)13(14)12(15)6-11/h5-6,9H,4,7-8,16H2,1-3H3. The zero-order valence-corrected chi connectivity index (χ0v) is 13.4. The van der Waals surface area contributed by atoms with Crippen LogP contribution in [-0.2, 0) is 16.6 Å². The van der Waals surface area contributed by atoms with Crippen LogP contribution in [0, 0.1) is 11.7 Å². The molecule has 0 bridgehead atoms. The summed E-state index contributed by atoms with van der Waals surface area (Å²) in [5.41, 5.74) is 5.73. The fourth-order valence-corrected chi connectivity index (χ4v) is 3.30. The smallest absolute Gasteiger partial charge is 0.242 e. The van der Waals surface area contributed by atoms with Crippen molar-refractivity contribution >= 4 is 21.6 Å². The summed E-state index contributed by atoms with van der Waals surface area (Å²) in [6, 6.07) is 2.26. The Hall–Kier alpha value is -0.690. The van der Waals surface area contributed by atoms with Gasteiger partial charge in [-0.25, -0.2) is 17.1 Å². The molecular weight excluding hydrogens is 303 g/mol. The third kappa shape index (κ3) is 3.69. The van der Waals surface area contributed by atoms with E-state index >= 15 is 0 Å². The zero-order valence-electron chi connectivity index (χ0n) is 11.9. The van der Waals surface area contributed by atoms with E-state index in [0.717, 1.165) is 12.5 Å². The maximum absolute atomic E-state index is 13.7. The number of hydrogen-bond donors (Lipinski definition) is 1. The van der Waals surface area contributed by atoms with Crippen molar-refractivity contribution in [2.75, 3.05) is 13.6 Å². The molecule has 7 heteroatoms. The second-order valence-corrected chi connectivity index (χ2v) is 7.30. The molecule has 0 amide bonds. The Labute approximate surface area is 124 Å². The van der Waals surface area contributed by atoms with Gasteiger partial charge in [-0.3, -0.25) is 0 Å². The summed E-state index contributed by atoms with van der Waals surface area (Å²) >= 11 is 5.74. The van der Waals surface area contributed by atoms with Gasteiger partial charge in [0.25, 0.3) is 0 Å². The molecular formula is C13H20ClFN2O2S. The predicted octanol–water partition coefficient (Wildman–Crippen LogP) is 2.60. The molecule has 0 aliphatic heterocycles. The number of nitrogens with two attached hydrogens (primary N) is 1.